The van der Waals surface area contributed by atoms with Crippen LogP contribution in [0.15, 0.2) is 24.3 Å². The summed E-state index contributed by atoms with van der Waals surface area (Å²) in [6.45, 7) is 0.376. The molecule has 0 amide bonds. The standard InChI is InChI=1S/C13H16O/c14-8-9-5-10-7-11(6-9)13-4-2-1-3-12(10)13/h1-4,9-11,14H,5-8H2/t9?,10-,11+. The second-order valence-electron chi connectivity index (χ2n) is 4.78. The van der Waals surface area contributed by atoms with Gasteiger partial charge in [-0.2, -0.15) is 0 Å². The molecule has 3 atom stereocenters. The van der Waals surface area contributed by atoms with Crippen LogP contribution < -0.4 is 0 Å². The van der Waals surface area contributed by atoms with Crippen molar-refractivity contribution in [3.63, 3.8) is 0 Å². The predicted octanol–water partition coefficient (Wildman–Crippen LogP) is 2.66. The van der Waals surface area contributed by atoms with Crippen molar-refractivity contribution in [1.82, 2.24) is 0 Å². The van der Waals surface area contributed by atoms with Gasteiger partial charge in [-0.25, -0.2) is 0 Å². The quantitative estimate of drug-likeness (QED) is 0.718. The van der Waals surface area contributed by atoms with E-state index in [2.05, 4.69) is 24.3 Å². The Balaban J connectivity index is 1.99. The highest BCUT2D eigenvalue weighted by molar-refractivity contribution is 5.39. The fraction of sp³-hybridized carbons (Fsp3) is 0.538. The van der Waals surface area contributed by atoms with Gasteiger partial charge >= 0.3 is 0 Å². The van der Waals surface area contributed by atoms with Crippen molar-refractivity contribution in [3.05, 3.63) is 35.4 Å². The lowest BCUT2D eigenvalue weighted by atomic mass is 9.80. The molecule has 1 aromatic carbocycles. The molecule has 74 valence electrons. The van der Waals surface area contributed by atoms with Gasteiger partial charge in [0.05, 0.1) is 0 Å². The number of rotatable bonds is 1. The molecule has 1 unspecified atom stereocenters. The topological polar surface area (TPSA) is 20.2 Å². The minimum Gasteiger partial charge on any atom is -0.396 e. The summed E-state index contributed by atoms with van der Waals surface area (Å²) in [5, 5.41) is 9.23. The van der Waals surface area contributed by atoms with Crippen molar-refractivity contribution >= 4 is 0 Å². The zero-order chi connectivity index (χ0) is 9.54. The number of aliphatic hydroxyl groups excluding tert-OH is 1. The number of aliphatic hydroxyl groups is 1. The summed E-state index contributed by atoms with van der Waals surface area (Å²) in [6.07, 6.45) is 3.73. The molecule has 2 aliphatic carbocycles. The first-order valence-corrected chi connectivity index (χ1v) is 5.58. The summed E-state index contributed by atoms with van der Waals surface area (Å²) < 4.78 is 0. The maximum Gasteiger partial charge on any atom is 0.0459 e. The number of benzene rings is 1. The molecular formula is C13H16O. The van der Waals surface area contributed by atoms with Crippen LogP contribution in [0.1, 0.15) is 42.2 Å². The molecule has 0 saturated heterocycles. The summed E-state index contributed by atoms with van der Waals surface area (Å²) >= 11 is 0. The first-order valence-electron chi connectivity index (χ1n) is 5.58. The second kappa shape index (κ2) is 3.09. The van der Waals surface area contributed by atoms with Gasteiger partial charge in [-0.05, 0) is 48.1 Å². The van der Waals surface area contributed by atoms with E-state index in [0.29, 0.717) is 12.5 Å². The predicted molar refractivity (Wildman–Crippen MR) is 56.4 cm³/mol. The Hall–Kier alpha value is -0.820. The van der Waals surface area contributed by atoms with Crippen LogP contribution in [0.3, 0.4) is 0 Å². The molecule has 1 fully saturated rings. The molecule has 1 heteroatoms. The third-order valence-corrected chi connectivity index (χ3v) is 3.94. The van der Waals surface area contributed by atoms with Gasteiger partial charge in [-0.15, -0.1) is 0 Å². The summed E-state index contributed by atoms with van der Waals surface area (Å²) in [6, 6.07) is 8.85. The minimum absolute atomic E-state index is 0.376. The average Bonchev–Trinajstić information content (AvgIpc) is 2.52. The normalized spacial score (nSPS) is 34.2. The van der Waals surface area contributed by atoms with Crippen molar-refractivity contribution < 1.29 is 5.11 Å². The van der Waals surface area contributed by atoms with E-state index in [1.165, 1.54) is 19.3 Å². The van der Waals surface area contributed by atoms with E-state index in [4.69, 9.17) is 0 Å². The van der Waals surface area contributed by atoms with Crippen molar-refractivity contribution in [2.75, 3.05) is 6.61 Å². The lowest BCUT2D eigenvalue weighted by Crippen LogP contribution is -2.16. The van der Waals surface area contributed by atoms with Gasteiger partial charge in [0.2, 0.25) is 0 Å². The van der Waals surface area contributed by atoms with Crippen molar-refractivity contribution in [1.29, 1.82) is 0 Å². The smallest absolute Gasteiger partial charge is 0.0459 e. The van der Waals surface area contributed by atoms with Crippen LogP contribution in [0.2, 0.25) is 0 Å². The van der Waals surface area contributed by atoms with Crippen molar-refractivity contribution in [3.8, 4) is 0 Å². The van der Waals surface area contributed by atoms with E-state index < -0.39 is 0 Å². The first-order chi connectivity index (χ1) is 6.88. The first kappa shape index (κ1) is 8.49. The Morgan fingerprint density at radius 2 is 1.57 bits per heavy atom. The molecule has 3 rings (SSSR count). The zero-order valence-electron chi connectivity index (χ0n) is 8.32. The maximum atomic E-state index is 9.23. The molecule has 0 radical (unpaired) electrons. The highest BCUT2D eigenvalue weighted by Gasteiger charge is 2.37. The largest absolute Gasteiger partial charge is 0.396 e. The highest BCUT2D eigenvalue weighted by Crippen LogP contribution is 2.51. The van der Waals surface area contributed by atoms with E-state index in [9.17, 15) is 5.11 Å². The van der Waals surface area contributed by atoms with Crippen molar-refractivity contribution in [2.24, 2.45) is 5.92 Å². The van der Waals surface area contributed by atoms with Crippen LogP contribution >= 0.6 is 0 Å². The van der Waals surface area contributed by atoms with Crippen LogP contribution in [-0.2, 0) is 0 Å². The van der Waals surface area contributed by atoms with E-state index in [0.717, 1.165) is 11.8 Å². The molecule has 0 aromatic heterocycles. The molecule has 1 N–H and O–H groups in total. The fourth-order valence-corrected chi connectivity index (χ4v) is 3.35. The maximum absolute atomic E-state index is 9.23. The van der Waals surface area contributed by atoms with Crippen LogP contribution in [0, 0.1) is 5.92 Å². The molecular weight excluding hydrogens is 172 g/mol. The Labute approximate surface area is 84.8 Å². The Bertz CT molecular complexity index is 314. The minimum atomic E-state index is 0.376. The SMILES string of the molecule is OCC1C[C@@H]2C[C@H](C1)c1ccccc12. The van der Waals surface area contributed by atoms with Crippen LogP contribution in [0.5, 0.6) is 0 Å². The Morgan fingerprint density at radius 3 is 2.07 bits per heavy atom. The molecule has 0 heterocycles. The monoisotopic (exact) mass is 188 g/mol. The van der Waals surface area contributed by atoms with E-state index in [-0.39, 0.29) is 0 Å². The van der Waals surface area contributed by atoms with E-state index in [1.54, 1.807) is 11.1 Å². The summed E-state index contributed by atoms with van der Waals surface area (Å²) in [5.74, 6) is 2.02. The summed E-state index contributed by atoms with van der Waals surface area (Å²) in [7, 11) is 0. The van der Waals surface area contributed by atoms with Crippen LogP contribution in [0.25, 0.3) is 0 Å². The fourth-order valence-electron chi connectivity index (χ4n) is 3.35. The second-order valence-corrected chi connectivity index (χ2v) is 4.78. The van der Waals surface area contributed by atoms with Gasteiger partial charge in [0, 0.05) is 6.61 Å². The molecule has 14 heavy (non-hydrogen) atoms. The molecule has 1 saturated carbocycles. The third-order valence-electron chi connectivity index (χ3n) is 3.94. The lowest BCUT2D eigenvalue weighted by Gasteiger charge is -2.26. The van der Waals surface area contributed by atoms with Gasteiger partial charge in [0.1, 0.15) is 0 Å². The Morgan fingerprint density at radius 1 is 1.00 bits per heavy atom. The summed E-state index contributed by atoms with van der Waals surface area (Å²) in [5.41, 5.74) is 3.13. The number of hydrogen-bond acceptors (Lipinski definition) is 1. The molecule has 1 nitrogen and oxygen atoms in total. The van der Waals surface area contributed by atoms with Gasteiger partial charge < -0.3 is 5.11 Å². The zero-order valence-corrected chi connectivity index (χ0v) is 8.32. The third kappa shape index (κ3) is 1.12. The van der Waals surface area contributed by atoms with E-state index in [1.807, 2.05) is 0 Å². The molecule has 2 aliphatic rings. The Kier molecular flexibility index (Phi) is 1.88. The van der Waals surface area contributed by atoms with Gasteiger partial charge in [0.15, 0.2) is 0 Å². The lowest BCUT2D eigenvalue weighted by molar-refractivity contribution is 0.177. The molecule has 0 spiro atoms. The number of fused-ring (bicyclic) bond motifs is 5. The molecule has 0 aliphatic heterocycles. The summed E-state index contributed by atoms with van der Waals surface area (Å²) in [4.78, 5) is 0. The molecule has 1 aromatic rings. The van der Waals surface area contributed by atoms with Crippen LogP contribution in [0.4, 0.5) is 0 Å². The van der Waals surface area contributed by atoms with Crippen molar-refractivity contribution in [2.45, 2.75) is 31.1 Å². The highest BCUT2D eigenvalue weighted by atomic mass is 16.3. The van der Waals surface area contributed by atoms with Gasteiger partial charge in [-0.3, -0.25) is 0 Å². The average molecular weight is 188 g/mol. The van der Waals surface area contributed by atoms with Gasteiger partial charge in [0.25, 0.3) is 0 Å². The van der Waals surface area contributed by atoms with Crippen LogP contribution in [-0.4, -0.2) is 11.7 Å². The van der Waals surface area contributed by atoms with Gasteiger partial charge in [-0.1, -0.05) is 24.3 Å². The number of hydrogen-bond donors (Lipinski definition) is 1. The van der Waals surface area contributed by atoms with E-state index >= 15 is 0 Å². The molecule has 2 bridgehead atoms.